The summed E-state index contributed by atoms with van der Waals surface area (Å²) >= 11 is 1.77. The van der Waals surface area contributed by atoms with Gasteiger partial charge in [-0.15, -0.1) is 24.5 Å². The van der Waals surface area contributed by atoms with Crippen LogP contribution in [0.5, 0.6) is 5.75 Å². The first-order valence-electron chi connectivity index (χ1n) is 8.35. The summed E-state index contributed by atoms with van der Waals surface area (Å²) in [6.07, 6.45) is -3.68. The minimum absolute atomic E-state index is 0.0623. The average Bonchev–Trinajstić information content (AvgIpc) is 3.05. The molecule has 0 radical (unpaired) electrons. The molecule has 1 fully saturated rings. The summed E-state index contributed by atoms with van der Waals surface area (Å²) in [5, 5.41) is 3.34. The monoisotopic (exact) mass is 370 g/mol. The molecule has 7 heteroatoms. The number of halogens is 3. The van der Waals surface area contributed by atoms with Gasteiger partial charge in [-0.1, -0.05) is 19.1 Å². The van der Waals surface area contributed by atoms with Gasteiger partial charge in [-0.25, -0.2) is 0 Å². The van der Waals surface area contributed by atoms with Gasteiger partial charge in [0.05, 0.1) is 6.04 Å². The second kappa shape index (κ2) is 7.76. The molecule has 0 saturated carbocycles. The molecule has 25 heavy (non-hydrogen) atoms. The van der Waals surface area contributed by atoms with Crippen LogP contribution in [0.25, 0.3) is 0 Å². The number of piperazine rings is 1. The van der Waals surface area contributed by atoms with E-state index in [1.165, 1.54) is 21.9 Å². The molecule has 1 aromatic carbocycles. The van der Waals surface area contributed by atoms with Crippen LogP contribution in [0.1, 0.15) is 28.3 Å². The van der Waals surface area contributed by atoms with Crippen LogP contribution in [0.4, 0.5) is 13.2 Å². The molecule has 1 aliphatic heterocycles. The molecule has 2 aromatic rings. The summed E-state index contributed by atoms with van der Waals surface area (Å²) in [7, 11) is 0. The number of alkyl halides is 3. The van der Waals surface area contributed by atoms with Gasteiger partial charge in [-0.3, -0.25) is 4.90 Å². The van der Waals surface area contributed by atoms with Crippen molar-refractivity contribution in [2.75, 3.05) is 26.2 Å². The predicted molar refractivity (Wildman–Crippen MR) is 93.1 cm³/mol. The molecule has 0 aliphatic carbocycles. The SMILES string of the molecule is CCc1ccc([C@H](c2ccc(OC(F)(F)F)cc2)N2CCNCC2)s1. The highest BCUT2D eigenvalue weighted by Crippen LogP contribution is 2.35. The van der Waals surface area contributed by atoms with Crippen molar-refractivity contribution in [2.45, 2.75) is 25.7 Å². The number of hydrogen-bond donors (Lipinski definition) is 1. The van der Waals surface area contributed by atoms with Gasteiger partial charge in [0.2, 0.25) is 0 Å². The molecule has 3 nitrogen and oxygen atoms in total. The van der Waals surface area contributed by atoms with Gasteiger partial charge in [0.15, 0.2) is 0 Å². The van der Waals surface area contributed by atoms with Gasteiger partial charge in [0.25, 0.3) is 0 Å². The van der Waals surface area contributed by atoms with Crippen LogP contribution < -0.4 is 10.1 Å². The molecule has 1 saturated heterocycles. The molecule has 1 aromatic heterocycles. The maximum atomic E-state index is 12.4. The van der Waals surface area contributed by atoms with Gasteiger partial charge in [0, 0.05) is 35.9 Å². The van der Waals surface area contributed by atoms with Crippen LogP contribution in [0.2, 0.25) is 0 Å². The smallest absolute Gasteiger partial charge is 0.406 e. The Hall–Kier alpha value is -1.57. The van der Waals surface area contributed by atoms with E-state index >= 15 is 0 Å². The summed E-state index contributed by atoms with van der Waals surface area (Å²) in [6.45, 7) is 5.77. The van der Waals surface area contributed by atoms with E-state index < -0.39 is 6.36 Å². The lowest BCUT2D eigenvalue weighted by molar-refractivity contribution is -0.274. The van der Waals surface area contributed by atoms with Gasteiger partial charge in [0.1, 0.15) is 5.75 Å². The second-order valence-electron chi connectivity index (χ2n) is 5.96. The molecular formula is C18H21F3N2OS. The number of ether oxygens (including phenoxy) is 1. The Bertz CT molecular complexity index is 678. The van der Waals surface area contributed by atoms with Crippen molar-refractivity contribution in [2.24, 2.45) is 0 Å². The maximum absolute atomic E-state index is 12.4. The molecule has 1 atom stereocenters. The number of thiophene rings is 1. The molecule has 0 unspecified atom stereocenters. The maximum Gasteiger partial charge on any atom is 0.573 e. The number of nitrogens with zero attached hydrogens (tertiary/aromatic N) is 1. The van der Waals surface area contributed by atoms with E-state index in [0.29, 0.717) is 0 Å². The number of nitrogens with one attached hydrogen (secondary N) is 1. The van der Waals surface area contributed by atoms with Gasteiger partial charge >= 0.3 is 6.36 Å². The summed E-state index contributed by atoms with van der Waals surface area (Å²) in [5.41, 5.74) is 0.987. The first-order valence-corrected chi connectivity index (χ1v) is 9.17. The lowest BCUT2D eigenvalue weighted by Crippen LogP contribution is -2.45. The van der Waals surface area contributed by atoms with E-state index in [4.69, 9.17) is 0 Å². The summed E-state index contributed by atoms with van der Waals surface area (Å²) in [5.74, 6) is -0.185. The van der Waals surface area contributed by atoms with E-state index in [0.717, 1.165) is 38.2 Å². The van der Waals surface area contributed by atoms with E-state index in [2.05, 4.69) is 34.0 Å². The molecule has 0 amide bonds. The quantitative estimate of drug-likeness (QED) is 0.854. The third-order valence-electron chi connectivity index (χ3n) is 4.25. The zero-order valence-electron chi connectivity index (χ0n) is 14.0. The Balaban J connectivity index is 1.88. The standard InChI is InChI=1S/C18H21F3N2OS/c1-2-15-7-8-16(25-15)17(23-11-9-22-10-12-23)13-3-5-14(6-4-13)24-18(19,20)21/h3-8,17,22H,2,9-12H2,1H3/t17-/m0/s1. The third kappa shape index (κ3) is 4.74. The van der Waals surface area contributed by atoms with Gasteiger partial charge in [-0.05, 0) is 36.2 Å². The fraction of sp³-hybridized carbons (Fsp3) is 0.444. The van der Waals surface area contributed by atoms with Crippen molar-refractivity contribution in [3.8, 4) is 5.75 Å². The molecule has 1 aliphatic rings. The lowest BCUT2D eigenvalue weighted by atomic mass is 10.0. The van der Waals surface area contributed by atoms with Crippen LogP contribution in [0, 0.1) is 0 Å². The van der Waals surface area contributed by atoms with E-state index in [9.17, 15) is 13.2 Å². The first kappa shape index (κ1) is 18.2. The highest BCUT2D eigenvalue weighted by atomic mass is 32.1. The van der Waals surface area contributed by atoms with Crippen molar-refractivity contribution >= 4 is 11.3 Å². The third-order valence-corrected chi connectivity index (χ3v) is 5.53. The fourth-order valence-corrected chi connectivity index (χ4v) is 4.19. The number of rotatable bonds is 5. The van der Waals surface area contributed by atoms with E-state index in [1.807, 2.05) is 0 Å². The number of aryl methyl sites for hydroxylation is 1. The van der Waals surface area contributed by atoms with Crippen molar-refractivity contribution in [3.63, 3.8) is 0 Å². The van der Waals surface area contributed by atoms with Crippen molar-refractivity contribution in [1.82, 2.24) is 10.2 Å². The molecular weight excluding hydrogens is 349 g/mol. The summed E-state index contributed by atoms with van der Waals surface area (Å²) in [6, 6.07) is 10.6. The highest BCUT2D eigenvalue weighted by molar-refractivity contribution is 7.12. The van der Waals surface area contributed by atoms with Gasteiger partial charge in [-0.2, -0.15) is 0 Å². The predicted octanol–water partition coefficient (Wildman–Crippen LogP) is 4.20. The minimum Gasteiger partial charge on any atom is -0.406 e. The largest absolute Gasteiger partial charge is 0.573 e. The van der Waals surface area contributed by atoms with Crippen molar-refractivity contribution in [3.05, 3.63) is 51.7 Å². The van der Waals surface area contributed by atoms with E-state index in [-0.39, 0.29) is 11.8 Å². The Kier molecular flexibility index (Phi) is 5.66. The minimum atomic E-state index is -4.66. The topological polar surface area (TPSA) is 24.5 Å². The Morgan fingerprint density at radius 1 is 1.12 bits per heavy atom. The number of benzene rings is 1. The number of hydrogen-bond acceptors (Lipinski definition) is 4. The second-order valence-corrected chi connectivity index (χ2v) is 7.16. The molecule has 1 N–H and O–H groups in total. The molecule has 0 bridgehead atoms. The lowest BCUT2D eigenvalue weighted by Gasteiger charge is -2.34. The molecule has 0 spiro atoms. The van der Waals surface area contributed by atoms with Crippen LogP contribution >= 0.6 is 11.3 Å². The summed E-state index contributed by atoms with van der Waals surface area (Å²) in [4.78, 5) is 4.91. The highest BCUT2D eigenvalue weighted by Gasteiger charge is 2.31. The zero-order chi connectivity index (χ0) is 17.9. The van der Waals surface area contributed by atoms with Crippen LogP contribution in [0.15, 0.2) is 36.4 Å². The summed E-state index contributed by atoms with van der Waals surface area (Å²) < 4.78 is 41.1. The van der Waals surface area contributed by atoms with Crippen LogP contribution in [-0.4, -0.2) is 37.4 Å². The Morgan fingerprint density at radius 2 is 1.80 bits per heavy atom. The normalized spacial score (nSPS) is 17.4. The fourth-order valence-electron chi connectivity index (χ4n) is 3.08. The van der Waals surface area contributed by atoms with Crippen LogP contribution in [-0.2, 0) is 6.42 Å². The average molecular weight is 370 g/mol. The Labute approximate surface area is 149 Å². The van der Waals surface area contributed by atoms with Crippen molar-refractivity contribution in [1.29, 1.82) is 0 Å². The van der Waals surface area contributed by atoms with Crippen molar-refractivity contribution < 1.29 is 17.9 Å². The van der Waals surface area contributed by atoms with E-state index in [1.54, 1.807) is 23.5 Å². The molecule has 3 rings (SSSR count). The first-order chi connectivity index (χ1) is 12.0. The Morgan fingerprint density at radius 3 is 2.36 bits per heavy atom. The zero-order valence-corrected chi connectivity index (χ0v) is 14.8. The molecule has 136 valence electrons. The van der Waals surface area contributed by atoms with Crippen LogP contribution in [0.3, 0.4) is 0 Å². The van der Waals surface area contributed by atoms with Gasteiger partial charge < -0.3 is 10.1 Å². The molecule has 2 heterocycles.